The van der Waals surface area contributed by atoms with E-state index in [1.54, 1.807) is 6.92 Å². The van der Waals surface area contributed by atoms with E-state index in [2.05, 4.69) is 0 Å². The van der Waals surface area contributed by atoms with Gasteiger partial charge in [0.15, 0.2) is 0 Å². The largest absolute Gasteiger partial charge is 0.396 e. The minimum atomic E-state index is -0.746. The third-order valence-corrected chi connectivity index (χ3v) is 2.97. The molecular formula is C12H12N2O5. The summed E-state index contributed by atoms with van der Waals surface area (Å²) >= 11 is 0. The standard InChI is InChI=1S/C12H12N2O5/c1-7(6-15)5-13-10-3-2-8(14(18)19)4-9(10)11(16)12(13)17/h2-4,7,15H,5-6H2,1H3. The maximum absolute atomic E-state index is 11.8. The number of aliphatic hydroxyl groups is 1. The van der Waals surface area contributed by atoms with E-state index in [4.69, 9.17) is 5.11 Å². The van der Waals surface area contributed by atoms with Gasteiger partial charge in [0, 0.05) is 25.3 Å². The van der Waals surface area contributed by atoms with Gasteiger partial charge in [-0.25, -0.2) is 0 Å². The molecule has 1 aromatic rings. The zero-order valence-corrected chi connectivity index (χ0v) is 10.2. The fraction of sp³-hybridized carbons (Fsp3) is 0.333. The molecule has 0 radical (unpaired) electrons. The Bertz CT molecular complexity index is 569. The highest BCUT2D eigenvalue weighted by Crippen LogP contribution is 2.32. The minimum Gasteiger partial charge on any atom is -0.396 e. The van der Waals surface area contributed by atoms with Crippen LogP contribution in [0.3, 0.4) is 0 Å². The average molecular weight is 264 g/mol. The van der Waals surface area contributed by atoms with Crippen molar-refractivity contribution in [2.45, 2.75) is 6.92 Å². The van der Waals surface area contributed by atoms with E-state index in [1.165, 1.54) is 17.0 Å². The average Bonchev–Trinajstić information content (AvgIpc) is 2.63. The molecule has 0 aromatic heterocycles. The Morgan fingerprint density at radius 1 is 1.42 bits per heavy atom. The van der Waals surface area contributed by atoms with Crippen LogP contribution in [0.2, 0.25) is 0 Å². The van der Waals surface area contributed by atoms with Crippen molar-refractivity contribution in [3.05, 3.63) is 33.9 Å². The Morgan fingerprint density at radius 3 is 2.68 bits per heavy atom. The van der Waals surface area contributed by atoms with Crippen LogP contribution in [-0.2, 0) is 4.79 Å². The minimum absolute atomic E-state index is 0.0457. The number of nitrogens with zero attached hydrogens (tertiary/aromatic N) is 2. The molecule has 0 spiro atoms. The van der Waals surface area contributed by atoms with Gasteiger partial charge in [-0.2, -0.15) is 0 Å². The number of aliphatic hydroxyl groups excluding tert-OH is 1. The van der Waals surface area contributed by atoms with Crippen LogP contribution in [-0.4, -0.2) is 34.9 Å². The summed E-state index contributed by atoms with van der Waals surface area (Å²) in [7, 11) is 0. The molecule has 1 amide bonds. The highest BCUT2D eigenvalue weighted by molar-refractivity contribution is 6.52. The molecule has 0 fully saturated rings. The number of Topliss-reactive ketones (excluding diaryl/α,β-unsaturated/α-hetero) is 1. The monoisotopic (exact) mass is 264 g/mol. The molecule has 1 aliphatic rings. The maximum atomic E-state index is 11.8. The highest BCUT2D eigenvalue weighted by Gasteiger charge is 2.37. The maximum Gasteiger partial charge on any atom is 0.299 e. The van der Waals surface area contributed by atoms with Crippen LogP contribution < -0.4 is 4.90 Å². The van der Waals surface area contributed by atoms with E-state index in [1.807, 2.05) is 0 Å². The molecule has 7 nitrogen and oxygen atoms in total. The number of ketones is 1. The number of nitro benzene ring substituents is 1. The molecule has 1 heterocycles. The Morgan fingerprint density at radius 2 is 2.11 bits per heavy atom. The third kappa shape index (κ3) is 2.19. The molecule has 1 aromatic carbocycles. The van der Waals surface area contributed by atoms with Gasteiger partial charge in [0.2, 0.25) is 0 Å². The molecule has 100 valence electrons. The summed E-state index contributed by atoms with van der Waals surface area (Å²) in [6.45, 7) is 1.83. The van der Waals surface area contributed by atoms with Gasteiger partial charge in [0.1, 0.15) is 0 Å². The van der Waals surface area contributed by atoms with Crippen molar-refractivity contribution >= 4 is 23.1 Å². The van der Waals surface area contributed by atoms with Gasteiger partial charge in [-0.3, -0.25) is 19.7 Å². The summed E-state index contributed by atoms with van der Waals surface area (Å²) in [6, 6.07) is 3.75. The van der Waals surface area contributed by atoms with E-state index in [0.717, 1.165) is 6.07 Å². The van der Waals surface area contributed by atoms with E-state index in [9.17, 15) is 19.7 Å². The summed E-state index contributed by atoms with van der Waals surface area (Å²) in [4.78, 5) is 34.9. The van der Waals surface area contributed by atoms with Crippen molar-refractivity contribution in [3.8, 4) is 0 Å². The van der Waals surface area contributed by atoms with Crippen LogP contribution in [0, 0.1) is 16.0 Å². The summed E-state index contributed by atoms with van der Waals surface area (Å²) < 4.78 is 0. The van der Waals surface area contributed by atoms with Gasteiger partial charge >= 0.3 is 0 Å². The zero-order chi connectivity index (χ0) is 14.2. The molecule has 1 aliphatic heterocycles. The summed E-state index contributed by atoms with van der Waals surface area (Å²) in [5.74, 6) is -1.64. The summed E-state index contributed by atoms with van der Waals surface area (Å²) in [5, 5.41) is 19.7. The number of hydrogen-bond donors (Lipinski definition) is 1. The first-order valence-electron chi connectivity index (χ1n) is 5.71. The second kappa shape index (κ2) is 4.77. The molecular weight excluding hydrogens is 252 g/mol. The van der Waals surface area contributed by atoms with Gasteiger partial charge in [-0.15, -0.1) is 0 Å². The fourth-order valence-corrected chi connectivity index (χ4v) is 1.95. The van der Waals surface area contributed by atoms with Gasteiger partial charge in [-0.05, 0) is 12.0 Å². The number of nitro groups is 1. The molecule has 0 aliphatic carbocycles. The first kappa shape index (κ1) is 13.2. The number of carbonyl (C=O) groups is 2. The first-order chi connectivity index (χ1) is 8.95. The van der Waals surface area contributed by atoms with Gasteiger partial charge < -0.3 is 10.0 Å². The number of amides is 1. The molecule has 2 rings (SSSR count). The van der Waals surface area contributed by atoms with Crippen LogP contribution in [0.25, 0.3) is 0 Å². The Hall–Kier alpha value is -2.28. The summed E-state index contributed by atoms with van der Waals surface area (Å²) in [5.41, 5.74) is 0.183. The van der Waals surface area contributed by atoms with Crippen LogP contribution in [0.4, 0.5) is 11.4 Å². The number of anilines is 1. The van der Waals surface area contributed by atoms with E-state index in [0.29, 0.717) is 5.69 Å². The Balaban J connectivity index is 2.41. The third-order valence-electron chi connectivity index (χ3n) is 2.97. The predicted molar refractivity (Wildman–Crippen MR) is 66.0 cm³/mol. The number of hydrogen-bond acceptors (Lipinski definition) is 5. The van der Waals surface area contributed by atoms with Crippen LogP contribution in [0.1, 0.15) is 17.3 Å². The van der Waals surface area contributed by atoms with Crippen molar-refractivity contribution < 1.29 is 19.6 Å². The number of carbonyl (C=O) groups excluding carboxylic acids is 2. The Labute approximate surface area is 108 Å². The van der Waals surface area contributed by atoms with Crippen molar-refractivity contribution in [1.29, 1.82) is 0 Å². The molecule has 1 atom stereocenters. The normalized spacial score (nSPS) is 15.6. The van der Waals surface area contributed by atoms with Crippen molar-refractivity contribution in [2.75, 3.05) is 18.1 Å². The lowest BCUT2D eigenvalue weighted by Gasteiger charge is -2.19. The SMILES string of the molecule is CC(CO)CN1C(=O)C(=O)c2cc([N+](=O)[O-])ccc21. The molecule has 0 bridgehead atoms. The number of non-ortho nitro benzene ring substituents is 1. The van der Waals surface area contributed by atoms with Crippen LogP contribution >= 0.6 is 0 Å². The fourth-order valence-electron chi connectivity index (χ4n) is 1.95. The van der Waals surface area contributed by atoms with Crippen molar-refractivity contribution in [1.82, 2.24) is 0 Å². The van der Waals surface area contributed by atoms with Crippen molar-refractivity contribution in [2.24, 2.45) is 5.92 Å². The topological polar surface area (TPSA) is 101 Å². The quantitative estimate of drug-likeness (QED) is 0.491. The predicted octanol–water partition coefficient (Wildman–Crippen LogP) is 0.752. The lowest BCUT2D eigenvalue weighted by atomic mass is 10.1. The Kier molecular flexibility index (Phi) is 3.30. The number of rotatable bonds is 4. The summed E-state index contributed by atoms with van der Waals surface area (Å²) in [6.07, 6.45) is 0. The van der Waals surface area contributed by atoms with Gasteiger partial charge in [0.25, 0.3) is 17.4 Å². The molecule has 19 heavy (non-hydrogen) atoms. The molecule has 0 saturated carbocycles. The first-order valence-corrected chi connectivity index (χ1v) is 5.71. The zero-order valence-electron chi connectivity index (χ0n) is 10.2. The number of fused-ring (bicyclic) bond motifs is 1. The second-order valence-corrected chi connectivity index (χ2v) is 4.49. The molecule has 1 N–H and O–H groups in total. The second-order valence-electron chi connectivity index (χ2n) is 4.49. The number of benzene rings is 1. The van der Waals surface area contributed by atoms with E-state index >= 15 is 0 Å². The van der Waals surface area contributed by atoms with E-state index in [-0.39, 0.29) is 30.3 Å². The van der Waals surface area contributed by atoms with Crippen molar-refractivity contribution in [3.63, 3.8) is 0 Å². The highest BCUT2D eigenvalue weighted by atomic mass is 16.6. The van der Waals surface area contributed by atoms with E-state index < -0.39 is 16.6 Å². The molecule has 0 saturated heterocycles. The van der Waals surface area contributed by atoms with Gasteiger partial charge in [-0.1, -0.05) is 6.92 Å². The van der Waals surface area contributed by atoms with Gasteiger partial charge in [0.05, 0.1) is 16.2 Å². The lowest BCUT2D eigenvalue weighted by molar-refractivity contribution is -0.384. The molecule has 1 unspecified atom stereocenters. The smallest absolute Gasteiger partial charge is 0.299 e. The molecule has 7 heteroatoms. The lowest BCUT2D eigenvalue weighted by Crippen LogP contribution is -2.34. The van der Waals surface area contributed by atoms with Crippen LogP contribution in [0.5, 0.6) is 0 Å². The van der Waals surface area contributed by atoms with Crippen LogP contribution in [0.15, 0.2) is 18.2 Å².